The van der Waals surface area contributed by atoms with Gasteiger partial charge in [0.25, 0.3) is 0 Å². The molecule has 5 nitrogen and oxygen atoms in total. The van der Waals surface area contributed by atoms with Crippen LogP contribution < -0.4 is 10.0 Å². The van der Waals surface area contributed by atoms with Gasteiger partial charge in [0.05, 0.1) is 6.61 Å². The Balaban J connectivity index is 2.36. The number of ether oxygens (including phenoxy) is 1. The van der Waals surface area contributed by atoms with Gasteiger partial charge in [-0.05, 0) is 31.5 Å². The molecule has 0 aliphatic heterocycles. The summed E-state index contributed by atoms with van der Waals surface area (Å²) >= 11 is 1.31. The van der Waals surface area contributed by atoms with E-state index in [4.69, 9.17) is 4.74 Å². The first kappa shape index (κ1) is 18.6. The molecule has 0 aromatic carbocycles. The molecule has 0 aliphatic rings. The zero-order valence-corrected chi connectivity index (χ0v) is 14.5. The Hall–Kier alpha value is -0.470. The van der Waals surface area contributed by atoms with E-state index in [-0.39, 0.29) is 0 Å². The van der Waals surface area contributed by atoms with Crippen molar-refractivity contribution in [2.24, 2.45) is 0 Å². The van der Waals surface area contributed by atoms with Crippen molar-refractivity contribution < 1.29 is 13.2 Å². The first-order valence-electron chi connectivity index (χ1n) is 7.47. The maximum absolute atomic E-state index is 12.1. The summed E-state index contributed by atoms with van der Waals surface area (Å²) < 4.78 is 32.5. The molecule has 0 aliphatic carbocycles. The normalized spacial score (nSPS) is 11.9. The third-order valence-electron chi connectivity index (χ3n) is 2.81. The zero-order chi connectivity index (χ0) is 15.6. The van der Waals surface area contributed by atoms with E-state index in [1.54, 1.807) is 6.07 Å². The lowest BCUT2D eigenvalue weighted by Gasteiger charge is -2.05. The Morgan fingerprint density at radius 3 is 2.67 bits per heavy atom. The predicted molar refractivity (Wildman–Crippen MR) is 87.2 cm³/mol. The number of rotatable bonds is 12. The van der Waals surface area contributed by atoms with E-state index in [1.807, 2.05) is 6.07 Å². The molecule has 1 rings (SSSR count). The lowest BCUT2D eigenvalue weighted by Crippen LogP contribution is -2.27. The first-order chi connectivity index (χ1) is 10.1. The molecule has 0 saturated carbocycles. The van der Waals surface area contributed by atoms with Crippen LogP contribution in [0.2, 0.25) is 0 Å². The summed E-state index contributed by atoms with van der Waals surface area (Å²) in [6, 6.07) is 3.52. The Kier molecular flexibility index (Phi) is 9.10. The van der Waals surface area contributed by atoms with Gasteiger partial charge in [0.2, 0.25) is 10.0 Å². The third-order valence-corrected chi connectivity index (χ3v) is 5.85. The van der Waals surface area contributed by atoms with Crippen LogP contribution in [0.4, 0.5) is 0 Å². The molecule has 0 amide bonds. The van der Waals surface area contributed by atoms with E-state index in [0.29, 0.717) is 30.5 Å². The molecule has 1 aromatic rings. The van der Waals surface area contributed by atoms with Gasteiger partial charge < -0.3 is 10.1 Å². The Morgan fingerprint density at radius 1 is 1.14 bits per heavy atom. The van der Waals surface area contributed by atoms with Gasteiger partial charge in [-0.2, -0.15) is 0 Å². The predicted octanol–water partition coefficient (Wildman–Crippen LogP) is 2.34. The van der Waals surface area contributed by atoms with Gasteiger partial charge in [0.15, 0.2) is 0 Å². The Bertz CT molecular complexity index is 486. The smallest absolute Gasteiger partial charge is 0.250 e. The van der Waals surface area contributed by atoms with Crippen molar-refractivity contribution >= 4 is 21.4 Å². The lowest BCUT2D eigenvalue weighted by atomic mass is 10.4. The quantitative estimate of drug-likeness (QED) is 0.576. The van der Waals surface area contributed by atoms with Gasteiger partial charge in [-0.3, -0.25) is 0 Å². The summed E-state index contributed by atoms with van der Waals surface area (Å²) in [5, 5.41) is 3.26. The number of hydrogen-bond acceptors (Lipinski definition) is 5. The molecular weight excluding hydrogens is 308 g/mol. The topological polar surface area (TPSA) is 67.4 Å². The van der Waals surface area contributed by atoms with Crippen LogP contribution in [0.25, 0.3) is 0 Å². The second kappa shape index (κ2) is 10.3. The van der Waals surface area contributed by atoms with Crippen LogP contribution in [-0.2, 0) is 21.3 Å². The van der Waals surface area contributed by atoms with E-state index < -0.39 is 10.0 Å². The van der Waals surface area contributed by atoms with Crippen molar-refractivity contribution in [3.63, 3.8) is 0 Å². The maximum atomic E-state index is 12.1. The van der Waals surface area contributed by atoms with Crippen molar-refractivity contribution in [3.8, 4) is 0 Å². The highest BCUT2D eigenvalue weighted by atomic mass is 32.2. The van der Waals surface area contributed by atoms with Crippen LogP contribution in [0.1, 0.15) is 38.0 Å². The summed E-state index contributed by atoms with van der Waals surface area (Å²) in [7, 11) is -3.40. The van der Waals surface area contributed by atoms with Crippen molar-refractivity contribution in [2.75, 3.05) is 26.3 Å². The van der Waals surface area contributed by atoms with Gasteiger partial charge in [0, 0.05) is 24.6 Å². The highest BCUT2D eigenvalue weighted by molar-refractivity contribution is 7.91. The minimum absolute atomic E-state index is 0.313. The van der Waals surface area contributed by atoms with Crippen LogP contribution in [0, 0.1) is 0 Å². The molecule has 0 spiro atoms. The molecule has 0 saturated heterocycles. The minimum Gasteiger partial charge on any atom is -0.380 e. The van der Waals surface area contributed by atoms with E-state index in [9.17, 15) is 8.42 Å². The number of nitrogens with one attached hydrogen (secondary N) is 2. The molecule has 0 bridgehead atoms. The summed E-state index contributed by atoms with van der Waals surface area (Å²) in [5.41, 5.74) is 0. The van der Waals surface area contributed by atoms with Crippen molar-refractivity contribution in [1.29, 1.82) is 0 Å². The summed E-state index contributed by atoms with van der Waals surface area (Å²) in [6.07, 6.45) is 3.15. The second-order valence-corrected chi connectivity index (χ2v) is 7.92. The molecule has 1 heterocycles. The van der Waals surface area contributed by atoms with Crippen molar-refractivity contribution in [1.82, 2.24) is 10.0 Å². The standard InChI is InChI=1S/C14H26N2O3S2/c1-3-5-10-19-11-9-16-21(17,18)14-7-6-13(20-14)12-15-8-4-2/h6-7,15-16H,3-5,8-12H2,1-2H3. The summed E-state index contributed by atoms with van der Waals surface area (Å²) in [5.74, 6) is 0. The van der Waals surface area contributed by atoms with Crippen molar-refractivity contribution in [2.45, 2.75) is 43.9 Å². The molecule has 1 aromatic heterocycles. The molecule has 7 heteroatoms. The minimum atomic E-state index is -3.40. The molecule has 21 heavy (non-hydrogen) atoms. The molecule has 0 fully saturated rings. The van der Waals surface area contributed by atoms with Crippen LogP contribution in [-0.4, -0.2) is 34.7 Å². The van der Waals surface area contributed by atoms with Crippen LogP contribution in [0.15, 0.2) is 16.3 Å². The molecule has 122 valence electrons. The highest BCUT2D eigenvalue weighted by Gasteiger charge is 2.15. The van der Waals surface area contributed by atoms with Gasteiger partial charge in [0.1, 0.15) is 4.21 Å². The van der Waals surface area contributed by atoms with E-state index >= 15 is 0 Å². The van der Waals surface area contributed by atoms with E-state index in [1.165, 1.54) is 11.3 Å². The lowest BCUT2D eigenvalue weighted by molar-refractivity contribution is 0.136. The zero-order valence-electron chi connectivity index (χ0n) is 12.9. The third kappa shape index (κ3) is 7.37. The van der Waals surface area contributed by atoms with Crippen LogP contribution in [0.5, 0.6) is 0 Å². The Morgan fingerprint density at radius 2 is 1.95 bits per heavy atom. The fraction of sp³-hybridized carbons (Fsp3) is 0.714. The van der Waals surface area contributed by atoms with Gasteiger partial charge in [-0.1, -0.05) is 20.3 Å². The van der Waals surface area contributed by atoms with Gasteiger partial charge in [-0.25, -0.2) is 13.1 Å². The second-order valence-electron chi connectivity index (χ2n) is 4.76. The maximum Gasteiger partial charge on any atom is 0.250 e. The highest BCUT2D eigenvalue weighted by Crippen LogP contribution is 2.21. The number of hydrogen-bond donors (Lipinski definition) is 2. The fourth-order valence-corrected chi connectivity index (χ4v) is 4.04. The van der Waals surface area contributed by atoms with Crippen LogP contribution >= 0.6 is 11.3 Å². The van der Waals surface area contributed by atoms with Gasteiger partial charge >= 0.3 is 0 Å². The average molecular weight is 335 g/mol. The fourth-order valence-electron chi connectivity index (χ4n) is 1.65. The summed E-state index contributed by atoms with van der Waals surface area (Å²) in [4.78, 5) is 1.03. The molecule has 0 unspecified atom stereocenters. The SMILES string of the molecule is CCCCOCCNS(=O)(=O)c1ccc(CNCCC)s1. The molecule has 0 radical (unpaired) electrons. The molecule has 0 atom stereocenters. The van der Waals surface area contributed by atoms with E-state index in [2.05, 4.69) is 23.9 Å². The van der Waals surface area contributed by atoms with Gasteiger partial charge in [-0.15, -0.1) is 11.3 Å². The molecular formula is C14H26N2O3S2. The van der Waals surface area contributed by atoms with Crippen molar-refractivity contribution in [3.05, 3.63) is 17.0 Å². The average Bonchev–Trinajstić information content (AvgIpc) is 2.93. The number of unbranched alkanes of at least 4 members (excludes halogenated alkanes) is 1. The van der Waals surface area contributed by atoms with E-state index in [0.717, 1.165) is 30.7 Å². The summed E-state index contributed by atoms with van der Waals surface area (Å²) in [6.45, 7) is 7.26. The molecule has 2 N–H and O–H groups in total. The largest absolute Gasteiger partial charge is 0.380 e. The van der Waals surface area contributed by atoms with Crippen LogP contribution in [0.3, 0.4) is 0 Å². The number of sulfonamides is 1. The first-order valence-corrected chi connectivity index (χ1v) is 9.77. The monoisotopic (exact) mass is 334 g/mol. The Labute approximate surface area is 132 Å². The number of thiophene rings is 1.